The monoisotopic (exact) mass is 241 g/mol. The van der Waals surface area contributed by atoms with Gasteiger partial charge in [0.05, 0.1) is 6.61 Å². The van der Waals surface area contributed by atoms with Crippen LogP contribution in [-0.4, -0.2) is 25.8 Å². The second-order valence-electron chi connectivity index (χ2n) is 6.41. The van der Waals surface area contributed by atoms with E-state index in [0.717, 1.165) is 12.5 Å². The summed E-state index contributed by atoms with van der Waals surface area (Å²) in [6.45, 7) is 10.2. The molecule has 1 aliphatic carbocycles. The summed E-state index contributed by atoms with van der Waals surface area (Å²) in [5.41, 5.74) is 0.531. The smallest absolute Gasteiger partial charge is 0.0613 e. The van der Waals surface area contributed by atoms with Crippen LogP contribution < -0.4 is 5.32 Å². The zero-order valence-electron chi connectivity index (χ0n) is 12.4. The third kappa shape index (κ3) is 4.59. The normalized spacial score (nSPS) is 28.1. The molecular formula is C15H31NO. The Balaban J connectivity index is 2.31. The van der Waals surface area contributed by atoms with E-state index in [1.165, 1.54) is 32.1 Å². The molecule has 2 nitrogen and oxygen atoms in total. The maximum absolute atomic E-state index is 5.18. The van der Waals surface area contributed by atoms with Gasteiger partial charge in [0.1, 0.15) is 0 Å². The fourth-order valence-electron chi connectivity index (χ4n) is 3.03. The number of ether oxygens (including phenoxy) is 1. The molecule has 0 saturated heterocycles. The molecule has 0 aliphatic heterocycles. The topological polar surface area (TPSA) is 21.3 Å². The second kappa shape index (κ2) is 6.75. The highest BCUT2D eigenvalue weighted by atomic mass is 16.5. The molecule has 1 unspecified atom stereocenters. The quantitative estimate of drug-likeness (QED) is 0.767. The third-order valence-electron chi connectivity index (χ3n) is 4.68. The van der Waals surface area contributed by atoms with Crippen LogP contribution in [0, 0.1) is 11.3 Å². The highest BCUT2D eigenvalue weighted by Gasteiger charge is 2.31. The molecule has 102 valence electrons. The Labute approximate surface area is 108 Å². The van der Waals surface area contributed by atoms with Crippen molar-refractivity contribution in [2.75, 3.05) is 13.7 Å². The highest BCUT2D eigenvalue weighted by molar-refractivity contribution is 4.85. The Morgan fingerprint density at radius 1 is 1.24 bits per heavy atom. The summed E-state index contributed by atoms with van der Waals surface area (Å²) in [4.78, 5) is 0. The van der Waals surface area contributed by atoms with Gasteiger partial charge < -0.3 is 10.1 Å². The Morgan fingerprint density at radius 2 is 1.82 bits per heavy atom. The van der Waals surface area contributed by atoms with E-state index in [-0.39, 0.29) is 0 Å². The molecule has 1 rings (SSSR count). The van der Waals surface area contributed by atoms with Crippen molar-refractivity contribution in [3.8, 4) is 0 Å². The number of rotatable bonds is 6. The van der Waals surface area contributed by atoms with Gasteiger partial charge in [0.15, 0.2) is 0 Å². The van der Waals surface area contributed by atoms with E-state index < -0.39 is 0 Å². The number of hydrogen-bond donors (Lipinski definition) is 1. The molecule has 0 amide bonds. The Hall–Kier alpha value is -0.0800. The first-order valence-corrected chi connectivity index (χ1v) is 7.24. The van der Waals surface area contributed by atoms with Gasteiger partial charge in [0, 0.05) is 19.2 Å². The molecule has 1 saturated carbocycles. The van der Waals surface area contributed by atoms with Crippen molar-refractivity contribution in [2.24, 2.45) is 11.3 Å². The molecule has 1 aliphatic rings. The van der Waals surface area contributed by atoms with E-state index in [0.29, 0.717) is 17.5 Å². The van der Waals surface area contributed by atoms with Gasteiger partial charge in [-0.05, 0) is 43.9 Å². The molecule has 1 fully saturated rings. The van der Waals surface area contributed by atoms with Crippen molar-refractivity contribution >= 4 is 0 Å². The zero-order valence-corrected chi connectivity index (χ0v) is 12.4. The summed E-state index contributed by atoms with van der Waals surface area (Å²) in [5, 5.41) is 3.68. The lowest BCUT2D eigenvalue weighted by atomic mass is 9.69. The van der Waals surface area contributed by atoms with Crippen LogP contribution in [0.25, 0.3) is 0 Å². The van der Waals surface area contributed by atoms with Crippen LogP contribution in [0.4, 0.5) is 0 Å². The van der Waals surface area contributed by atoms with E-state index in [2.05, 4.69) is 33.0 Å². The fourth-order valence-corrected chi connectivity index (χ4v) is 3.03. The SMILES string of the molecule is CCC(C)(C)C1CCC(NC(C)COC)CC1. The fraction of sp³-hybridized carbons (Fsp3) is 1.00. The van der Waals surface area contributed by atoms with Gasteiger partial charge in [-0.25, -0.2) is 0 Å². The molecular weight excluding hydrogens is 210 g/mol. The van der Waals surface area contributed by atoms with E-state index in [1.807, 2.05) is 0 Å². The van der Waals surface area contributed by atoms with Gasteiger partial charge in [0.25, 0.3) is 0 Å². The highest BCUT2D eigenvalue weighted by Crippen LogP contribution is 2.40. The molecule has 0 aromatic heterocycles. The molecule has 1 atom stereocenters. The second-order valence-corrected chi connectivity index (χ2v) is 6.41. The van der Waals surface area contributed by atoms with Crippen molar-refractivity contribution in [1.82, 2.24) is 5.32 Å². The maximum atomic E-state index is 5.18. The van der Waals surface area contributed by atoms with Crippen LogP contribution in [0.15, 0.2) is 0 Å². The summed E-state index contributed by atoms with van der Waals surface area (Å²) in [6, 6.07) is 1.20. The van der Waals surface area contributed by atoms with Crippen LogP contribution in [0.5, 0.6) is 0 Å². The van der Waals surface area contributed by atoms with E-state index in [9.17, 15) is 0 Å². The molecule has 0 radical (unpaired) electrons. The molecule has 0 heterocycles. The van der Waals surface area contributed by atoms with Gasteiger partial charge in [-0.3, -0.25) is 0 Å². The Bertz CT molecular complexity index is 207. The van der Waals surface area contributed by atoms with Crippen molar-refractivity contribution < 1.29 is 4.74 Å². The predicted octanol–water partition coefficient (Wildman–Crippen LogP) is 3.61. The predicted molar refractivity (Wildman–Crippen MR) is 74.3 cm³/mol. The summed E-state index contributed by atoms with van der Waals surface area (Å²) in [5.74, 6) is 0.920. The minimum Gasteiger partial charge on any atom is -0.383 e. The first kappa shape index (κ1) is 15.0. The average Bonchev–Trinajstić information content (AvgIpc) is 2.30. The third-order valence-corrected chi connectivity index (χ3v) is 4.68. The summed E-state index contributed by atoms with van der Waals surface area (Å²) in [7, 11) is 1.78. The average molecular weight is 241 g/mol. The van der Waals surface area contributed by atoms with Crippen molar-refractivity contribution in [3.63, 3.8) is 0 Å². The molecule has 0 bridgehead atoms. The first-order valence-electron chi connectivity index (χ1n) is 7.24. The van der Waals surface area contributed by atoms with Crippen molar-refractivity contribution in [2.45, 2.75) is 71.9 Å². The minimum atomic E-state index is 0.487. The van der Waals surface area contributed by atoms with E-state index >= 15 is 0 Å². The number of methoxy groups -OCH3 is 1. The lowest BCUT2D eigenvalue weighted by molar-refractivity contribution is 0.122. The summed E-state index contributed by atoms with van der Waals surface area (Å²) >= 11 is 0. The largest absolute Gasteiger partial charge is 0.383 e. The molecule has 17 heavy (non-hydrogen) atoms. The first-order chi connectivity index (χ1) is 7.99. The Morgan fingerprint density at radius 3 is 2.29 bits per heavy atom. The summed E-state index contributed by atoms with van der Waals surface area (Å²) < 4.78 is 5.18. The molecule has 2 heteroatoms. The van der Waals surface area contributed by atoms with Crippen LogP contribution in [0.1, 0.15) is 59.8 Å². The molecule has 0 aromatic carbocycles. The molecule has 0 aromatic rings. The van der Waals surface area contributed by atoms with E-state index in [1.54, 1.807) is 7.11 Å². The standard InChI is InChI=1S/C15H31NO/c1-6-15(3,4)13-7-9-14(10-8-13)16-12(2)11-17-5/h12-14,16H,6-11H2,1-5H3. The maximum Gasteiger partial charge on any atom is 0.0613 e. The van der Waals surface area contributed by atoms with Crippen LogP contribution in [0.3, 0.4) is 0 Å². The van der Waals surface area contributed by atoms with E-state index in [4.69, 9.17) is 4.74 Å². The number of hydrogen-bond acceptors (Lipinski definition) is 2. The van der Waals surface area contributed by atoms with Crippen LogP contribution in [-0.2, 0) is 4.74 Å². The lowest BCUT2D eigenvalue weighted by Gasteiger charge is -2.39. The molecule has 1 N–H and O–H groups in total. The molecule has 0 spiro atoms. The van der Waals surface area contributed by atoms with Gasteiger partial charge in [0.2, 0.25) is 0 Å². The number of nitrogens with one attached hydrogen (secondary N) is 1. The van der Waals surface area contributed by atoms with Crippen molar-refractivity contribution in [3.05, 3.63) is 0 Å². The van der Waals surface area contributed by atoms with Gasteiger partial charge in [-0.1, -0.05) is 27.2 Å². The summed E-state index contributed by atoms with van der Waals surface area (Å²) in [6.07, 6.45) is 6.75. The van der Waals surface area contributed by atoms with Gasteiger partial charge in [-0.2, -0.15) is 0 Å². The van der Waals surface area contributed by atoms with Crippen molar-refractivity contribution in [1.29, 1.82) is 0 Å². The van der Waals surface area contributed by atoms with Crippen LogP contribution >= 0.6 is 0 Å². The van der Waals surface area contributed by atoms with Gasteiger partial charge in [-0.15, -0.1) is 0 Å². The minimum absolute atomic E-state index is 0.487. The lowest BCUT2D eigenvalue weighted by Crippen LogP contribution is -2.42. The zero-order chi connectivity index (χ0) is 12.9. The van der Waals surface area contributed by atoms with Crippen LogP contribution in [0.2, 0.25) is 0 Å². The van der Waals surface area contributed by atoms with Gasteiger partial charge >= 0.3 is 0 Å². The Kier molecular flexibility index (Phi) is 5.94.